The van der Waals surface area contributed by atoms with E-state index in [9.17, 15) is 8.42 Å². The van der Waals surface area contributed by atoms with Gasteiger partial charge in [0, 0.05) is 29.8 Å². The van der Waals surface area contributed by atoms with E-state index in [0.717, 1.165) is 35.2 Å². The molecule has 0 radical (unpaired) electrons. The van der Waals surface area contributed by atoms with Gasteiger partial charge in [0.25, 0.3) is 0 Å². The summed E-state index contributed by atoms with van der Waals surface area (Å²) >= 11 is 0.722. The lowest BCUT2D eigenvalue weighted by molar-refractivity contribution is 0.406. The minimum atomic E-state index is -4.42. The maximum Gasteiger partial charge on any atom is 0.408 e. The van der Waals surface area contributed by atoms with Crippen molar-refractivity contribution in [3.8, 4) is 0 Å². The number of benzene rings is 1. The summed E-state index contributed by atoms with van der Waals surface area (Å²) < 4.78 is 36.3. The lowest BCUT2D eigenvalue weighted by atomic mass is 10.2. The van der Waals surface area contributed by atoms with E-state index < -0.39 is 10.4 Å². The molecule has 1 N–H and O–H groups in total. The summed E-state index contributed by atoms with van der Waals surface area (Å²) in [5.74, 6) is 0. The topological polar surface area (TPSA) is 68.5 Å². The second-order valence-corrected chi connectivity index (χ2v) is 6.41. The average Bonchev–Trinajstić information content (AvgIpc) is 2.73. The van der Waals surface area contributed by atoms with Gasteiger partial charge in [0.2, 0.25) is 0 Å². The molecule has 1 unspecified atom stereocenters. The molecule has 2 rings (SSSR count). The highest BCUT2D eigenvalue weighted by Gasteiger charge is 2.17. The second kappa shape index (κ2) is 5.54. The number of hydrogen-bond acceptors (Lipinski definition) is 4. The third-order valence-corrected chi connectivity index (χ3v) is 4.38. The van der Waals surface area contributed by atoms with Crippen molar-refractivity contribution in [1.82, 2.24) is 4.57 Å². The third kappa shape index (κ3) is 3.30. The van der Waals surface area contributed by atoms with Gasteiger partial charge in [0.15, 0.2) is 0 Å². The first-order valence-electron chi connectivity index (χ1n) is 5.83. The quantitative estimate of drug-likeness (QED) is 0.678. The van der Waals surface area contributed by atoms with E-state index in [1.54, 1.807) is 0 Å². The molecule has 0 bridgehead atoms. The number of nitrogens with zero attached hydrogens (tertiary/aromatic N) is 1. The lowest BCUT2D eigenvalue weighted by Crippen LogP contribution is -2.04. The SMILES string of the molecule is CCn1c(C(C)SOS(=O)(=O)O)cc2ccccc21. The molecule has 5 nitrogen and oxygen atoms in total. The first-order valence-corrected chi connectivity index (χ1v) is 8.00. The molecule has 0 aliphatic carbocycles. The minimum Gasteiger partial charge on any atom is -0.344 e. The Morgan fingerprint density at radius 2 is 2.11 bits per heavy atom. The Kier molecular flexibility index (Phi) is 4.19. The average molecular weight is 301 g/mol. The van der Waals surface area contributed by atoms with E-state index in [1.165, 1.54) is 0 Å². The molecule has 0 aliphatic rings. The van der Waals surface area contributed by atoms with Gasteiger partial charge in [-0.3, -0.25) is 4.55 Å². The molecule has 1 aromatic carbocycles. The Morgan fingerprint density at radius 3 is 2.74 bits per heavy atom. The molecule has 1 aromatic heterocycles. The zero-order valence-electron chi connectivity index (χ0n) is 10.6. The molecule has 0 aliphatic heterocycles. The molecule has 0 saturated carbocycles. The van der Waals surface area contributed by atoms with Crippen LogP contribution in [0, 0.1) is 0 Å². The largest absolute Gasteiger partial charge is 0.408 e. The van der Waals surface area contributed by atoms with Gasteiger partial charge in [-0.05, 0) is 31.4 Å². The fourth-order valence-corrected chi connectivity index (χ4v) is 3.24. The predicted octanol–water partition coefficient (Wildman–Crippen LogP) is 3.19. The van der Waals surface area contributed by atoms with Gasteiger partial charge >= 0.3 is 10.4 Å². The molecule has 19 heavy (non-hydrogen) atoms. The van der Waals surface area contributed by atoms with E-state index in [1.807, 2.05) is 44.2 Å². The van der Waals surface area contributed by atoms with Gasteiger partial charge in [-0.25, -0.2) is 0 Å². The van der Waals surface area contributed by atoms with Crippen molar-refractivity contribution >= 4 is 33.3 Å². The number of rotatable bonds is 5. The lowest BCUT2D eigenvalue weighted by Gasteiger charge is -2.13. The number of hydrogen-bond donors (Lipinski definition) is 1. The monoisotopic (exact) mass is 301 g/mol. The summed E-state index contributed by atoms with van der Waals surface area (Å²) in [6.45, 7) is 4.63. The molecular formula is C12H15NO4S2. The molecule has 104 valence electrons. The summed E-state index contributed by atoms with van der Waals surface area (Å²) in [6.07, 6.45) is 0. The molecule has 0 spiro atoms. The van der Waals surface area contributed by atoms with Crippen LogP contribution in [0.15, 0.2) is 30.3 Å². The van der Waals surface area contributed by atoms with Crippen LogP contribution in [-0.4, -0.2) is 17.5 Å². The van der Waals surface area contributed by atoms with Crippen molar-refractivity contribution < 1.29 is 16.6 Å². The van der Waals surface area contributed by atoms with Crippen LogP contribution in [0.4, 0.5) is 0 Å². The predicted molar refractivity (Wildman–Crippen MR) is 76.3 cm³/mol. The summed E-state index contributed by atoms with van der Waals surface area (Å²) in [6, 6.07) is 9.95. The Hall–Kier alpha value is -1.02. The molecular weight excluding hydrogens is 286 g/mol. The van der Waals surface area contributed by atoms with Gasteiger partial charge in [-0.2, -0.15) is 12.0 Å². The summed E-state index contributed by atoms with van der Waals surface area (Å²) in [4.78, 5) is 0. The van der Waals surface area contributed by atoms with Gasteiger partial charge in [-0.1, -0.05) is 18.2 Å². The first-order chi connectivity index (χ1) is 8.92. The molecule has 0 amide bonds. The highest BCUT2D eigenvalue weighted by Crippen LogP contribution is 2.33. The van der Waals surface area contributed by atoms with Crippen molar-refractivity contribution in [1.29, 1.82) is 0 Å². The Bertz CT molecular complexity index is 678. The van der Waals surface area contributed by atoms with Crippen LogP contribution in [0.1, 0.15) is 24.8 Å². The van der Waals surface area contributed by atoms with E-state index in [0.29, 0.717) is 0 Å². The zero-order valence-corrected chi connectivity index (χ0v) is 12.2. The smallest absolute Gasteiger partial charge is 0.344 e. The molecule has 7 heteroatoms. The van der Waals surface area contributed by atoms with E-state index in [-0.39, 0.29) is 5.25 Å². The van der Waals surface area contributed by atoms with Crippen LogP contribution in [0.2, 0.25) is 0 Å². The minimum absolute atomic E-state index is 0.214. The summed E-state index contributed by atoms with van der Waals surface area (Å²) in [5.41, 5.74) is 2.05. The van der Waals surface area contributed by atoms with Crippen LogP contribution in [-0.2, 0) is 20.6 Å². The van der Waals surface area contributed by atoms with E-state index >= 15 is 0 Å². The molecule has 0 fully saturated rings. The van der Waals surface area contributed by atoms with Gasteiger partial charge in [0.1, 0.15) is 0 Å². The van der Waals surface area contributed by atoms with Crippen LogP contribution >= 0.6 is 12.0 Å². The Labute approximate surface area is 116 Å². The van der Waals surface area contributed by atoms with Crippen molar-refractivity contribution in [3.63, 3.8) is 0 Å². The zero-order chi connectivity index (χ0) is 14.0. The van der Waals surface area contributed by atoms with Crippen molar-refractivity contribution in [2.75, 3.05) is 0 Å². The standard InChI is InChI=1S/C12H15NO4S2/c1-3-13-11-7-5-4-6-10(11)8-12(13)9(2)18-17-19(14,15)16/h4-9H,3H2,1-2H3,(H,14,15,16). The van der Waals surface area contributed by atoms with Crippen LogP contribution in [0.25, 0.3) is 10.9 Å². The highest BCUT2D eigenvalue weighted by atomic mass is 32.3. The Morgan fingerprint density at radius 1 is 1.42 bits per heavy atom. The van der Waals surface area contributed by atoms with Crippen LogP contribution in [0.3, 0.4) is 0 Å². The Balaban J connectivity index is 2.33. The van der Waals surface area contributed by atoms with Gasteiger partial charge < -0.3 is 4.57 Å². The first kappa shape index (κ1) is 14.4. The number of fused-ring (bicyclic) bond motifs is 1. The molecule has 0 saturated heterocycles. The van der Waals surface area contributed by atoms with Crippen molar-refractivity contribution in [3.05, 3.63) is 36.0 Å². The van der Waals surface area contributed by atoms with Crippen LogP contribution in [0.5, 0.6) is 0 Å². The fraction of sp³-hybridized carbons (Fsp3) is 0.333. The maximum absolute atomic E-state index is 10.6. The number of aryl methyl sites for hydroxylation is 1. The number of aromatic nitrogens is 1. The fourth-order valence-electron chi connectivity index (χ4n) is 2.08. The third-order valence-electron chi connectivity index (χ3n) is 2.84. The van der Waals surface area contributed by atoms with E-state index in [4.69, 9.17) is 4.55 Å². The van der Waals surface area contributed by atoms with Gasteiger partial charge in [-0.15, -0.1) is 0 Å². The van der Waals surface area contributed by atoms with Gasteiger partial charge in [0.05, 0.1) is 5.25 Å². The molecule has 2 aromatic rings. The van der Waals surface area contributed by atoms with Crippen molar-refractivity contribution in [2.45, 2.75) is 25.6 Å². The second-order valence-electron chi connectivity index (χ2n) is 4.11. The molecule has 1 heterocycles. The maximum atomic E-state index is 10.6. The number of para-hydroxylation sites is 1. The summed E-state index contributed by atoms with van der Waals surface area (Å²) in [7, 11) is -4.42. The van der Waals surface area contributed by atoms with Crippen LogP contribution < -0.4 is 0 Å². The van der Waals surface area contributed by atoms with E-state index in [2.05, 4.69) is 8.20 Å². The summed E-state index contributed by atoms with van der Waals surface area (Å²) in [5, 5.41) is 0.882. The molecule has 1 atom stereocenters. The highest BCUT2D eigenvalue weighted by molar-refractivity contribution is 8.02. The normalized spacial score (nSPS) is 13.8. The van der Waals surface area contributed by atoms with Crippen molar-refractivity contribution in [2.24, 2.45) is 0 Å².